The third-order valence-corrected chi connectivity index (χ3v) is 3.75. The number of hydrogen-bond donors (Lipinski definition) is 1. The van der Waals surface area contributed by atoms with Crippen LogP contribution in [0.4, 0.5) is 5.69 Å². The number of rotatable bonds is 5. The summed E-state index contributed by atoms with van der Waals surface area (Å²) < 4.78 is 16.6. The Bertz CT molecular complexity index is 596. The van der Waals surface area contributed by atoms with Gasteiger partial charge in [-0.25, -0.2) is 4.98 Å². The van der Waals surface area contributed by atoms with Gasteiger partial charge >= 0.3 is 0 Å². The van der Waals surface area contributed by atoms with Crippen LogP contribution in [0.1, 0.15) is 19.2 Å². The summed E-state index contributed by atoms with van der Waals surface area (Å²) >= 11 is 0. The molecule has 20 heavy (non-hydrogen) atoms. The molecule has 1 N–H and O–H groups in total. The van der Waals surface area contributed by atoms with Crippen LogP contribution in [0.15, 0.2) is 22.6 Å². The van der Waals surface area contributed by atoms with E-state index >= 15 is 0 Å². The number of aryl methyl sites for hydroxylation is 1. The highest BCUT2D eigenvalue weighted by Crippen LogP contribution is 2.30. The van der Waals surface area contributed by atoms with E-state index in [9.17, 15) is 0 Å². The Morgan fingerprint density at radius 1 is 1.45 bits per heavy atom. The van der Waals surface area contributed by atoms with Crippen molar-refractivity contribution in [3.8, 4) is 0 Å². The number of aromatic nitrogens is 1. The average molecular weight is 276 g/mol. The van der Waals surface area contributed by atoms with Gasteiger partial charge in [-0.15, -0.1) is 0 Å². The van der Waals surface area contributed by atoms with Crippen molar-refractivity contribution in [2.45, 2.75) is 38.5 Å². The topological polar surface area (TPSA) is 56.5 Å². The van der Waals surface area contributed by atoms with E-state index in [-0.39, 0.29) is 18.2 Å². The minimum absolute atomic E-state index is 0.102. The van der Waals surface area contributed by atoms with Gasteiger partial charge in [0.25, 0.3) is 0 Å². The normalized spacial score (nSPS) is 25.6. The van der Waals surface area contributed by atoms with Crippen LogP contribution in [-0.2, 0) is 9.47 Å². The first kappa shape index (κ1) is 13.4. The third kappa shape index (κ3) is 2.39. The molecular formula is C15H20N2O3. The summed E-state index contributed by atoms with van der Waals surface area (Å²) in [7, 11) is 1.73. The van der Waals surface area contributed by atoms with E-state index in [4.69, 9.17) is 13.9 Å². The van der Waals surface area contributed by atoms with Crippen molar-refractivity contribution in [3.63, 3.8) is 0 Å². The van der Waals surface area contributed by atoms with E-state index in [1.54, 1.807) is 7.11 Å². The molecule has 0 saturated heterocycles. The molecule has 1 saturated carbocycles. The van der Waals surface area contributed by atoms with Crippen LogP contribution in [0.25, 0.3) is 11.1 Å². The highest BCUT2D eigenvalue weighted by Gasteiger charge is 2.42. The van der Waals surface area contributed by atoms with Gasteiger partial charge in [-0.2, -0.15) is 0 Å². The molecule has 2 aromatic rings. The fraction of sp³-hybridized carbons (Fsp3) is 0.533. The molecule has 3 unspecified atom stereocenters. The Morgan fingerprint density at radius 3 is 3.05 bits per heavy atom. The summed E-state index contributed by atoms with van der Waals surface area (Å²) in [5, 5.41) is 3.48. The highest BCUT2D eigenvalue weighted by atomic mass is 16.5. The van der Waals surface area contributed by atoms with E-state index < -0.39 is 0 Å². The van der Waals surface area contributed by atoms with Crippen molar-refractivity contribution in [2.75, 3.05) is 19.0 Å². The summed E-state index contributed by atoms with van der Waals surface area (Å²) in [6, 6.07) is 6.24. The number of methoxy groups -OCH3 is 1. The van der Waals surface area contributed by atoms with Crippen molar-refractivity contribution in [2.24, 2.45) is 0 Å². The molecule has 0 bridgehead atoms. The Balaban J connectivity index is 1.70. The van der Waals surface area contributed by atoms with Crippen LogP contribution < -0.4 is 5.32 Å². The maximum atomic E-state index is 5.63. The minimum Gasteiger partial charge on any atom is -0.441 e. The summed E-state index contributed by atoms with van der Waals surface area (Å²) in [5.74, 6) is 0.687. The predicted octanol–water partition coefficient (Wildman–Crippen LogP) is 2.74. The van der Waals surface area contributed by atoms with Gasteiger partial charge in [0.1, 0.15) is 11.6 Å². The van der Waals surface area contributed by atoms with Crippen molar-refractivity contribution < 1.29 is 13.9 Å². The van der Waals surface area contributed by atoms with Crippen molar-refractivity contribution in [1.29, 1.82) is 0 Å². The van der Waals surface area contributed by atoms with Crippen LogP contribution in [0, 0.1) is 6.92 Å². The fourth-order valence-electron chi connectivity index (χ4n) is 2.76. The molecule has 1 heterocycles. The molecule has 5 nitrogen and oxygen atoms in total. The molecule has 1 aromatic heterocycles. The van der Waals surface area contributed by atoms with Crippen LogP contribution in [0.5, 0.6) is 0 Å². The smallest absolute Gasteiger partial charge is 0.192 e. The monoisotopic (exact) mass is 276 g/mol. The lowest BCUT2D eigenvalue weighted by atomic mass is 9.85. The predicted molar refractivity (Wildman–Crippen MR) is 77.0 cm³/mol. The first-order valence-corrected chi connectivity index (χ1v) is 6.99. The maximum absolute atomic E-state index is 5.63. The number of nitrogens with one attached hydrogen (secondary N) is 1. The summed E-state index contributed by atoms with van der Waals surface area (Å²) in [6.07, 6.45) is 1.26. The molecule has 1 fully saturated rings. The van der Waals surface area contributed by atoms with Crippen molar-refractivity contribution >= 4 is 16.8 Å². The van der Waals surface area contributed by atoms with Crippen LogP contribution in [0.2, 0.25) is 0 Å². The molecule has 1 aliphatic rings. The quantitative estimate of drug-likeness (QED) is 0.910. The van der Waals surface area contributed by atoms with Gasteiger partial charge in [-0.1, -0.05) is 0 Å². The number of hydrogen-bond acceptors (Lipinski definition) is 5. The van der Waals surface area contributed by atoms with Gasteiger partial charge in [0.15, 0.2) is 11.5 Å². The molecule has 0 aliphatic heterocycles. The van der Waals surface area contributed by atoms with Gasteiger partial charge in [0, 0.05) is 26.3 Å². The molecule has 1 aromatic carbocycles. The minimum atomic E-state index is 0.102. The van der Waals surface area contributed by atoms with Gasteiger partial charge < -0.3 is 19.2 Å². The largest absolute Gasteiger partial charge is 0.441 e. The first-order chi connectivity index (χ1) is 9.71. The lowest BCUT2D eigenvalue weighted by Gasteiger charge is -2.43. The summed E-state index contributed by atoms with van der Waals surface area (Å²) in [5.41, 5.74) is 2.73. The maximum Gasteiger partial charge on any atom is 0.192 e. The first-order valence-electron chi connectivity index (χ1n) is 6.99. The van der Waals surface area contributed by atoms with Gasteiger partial charge in [-0.05, 0) is 31.5 Å². The second kappa shape index (κ2) is 5.42. The standard InChI is InChI=1S/C15H20N2O3/c1-4-19-14-8-12(15(14)18-3)17-10-5-6-13-11(7-10)16-9(2)20-13/h5-7,12,14-15,17H,4,8H2,1-3H3. The van der Waals surface area contributed by atoms with Gasteiger partial charge in [-0.3, -0.25) is 0 Å². The molecule has 0 spiro atoms. The van der Waals surface area contributed by atoms with Crippen molar-refractivity contribution in [1.82, 2.24) is 4.98 Å². The summed E-state index contributed by atoms with van der Waals surface area (Å²) in [6.45, 7) is 4.59. The number of fused-ring (bicyclic) bond motifs is 1. The number of anilines is 1. The Labute approximate surface area is 118 Å². The molecule has 0 radical (unpaired) electrons. The lowest BCUT2D eigenvalue weighted by Crippen LogP contribution is -2.56. The Kier molecular flexibility index (Phi) is 3.63. The molecule has 108 valence electrons. The number of ether oxygens (including phenoxy) is 2. The number of benzene rings is 1. The van der Waals surface area contributed by atoms with Crippen LogP contribution >= 0.6 is 0 Å². The SMILES string of the molecule is CCOC1CC(Nc2ccc3oc(C)nc3c2)C1OC. The molecule has 3 atom stereocenters. The van der Waals surface area contributed by atoms with Crippen molar-refractivity contribution in [3.05, 3.63) is 24.1 Å². The van der Waals surface area contributed by atoms with Crippen LogP contribution in [-0.4, -0.2) is 37.0 Å². The Hall–Kier alpha value is -1.59. The van der Waals surface area contributed by atoms with Gasteiger partial charge in [0.2, 0.25) is 0 Å². The van der Waals surface area contributed by atoms with E-state index in [0.29, 0.717) is 5.89 Å². The van der Waals surface area contributed by atoms with E-state index in [0.717, 1.165) is 29.8 Å². The third-order valence-electron chi connectivity index (χ3n) is 3.75. The molecule has 5 heteroatoms. The molecular weight excluding hydrogens is 256 g/mol. The average Bonchev–Trinajstić information content (AvgIpc) is 2.77. The van der Waals surface area contributed by atoms with E-state index in [1.807, 2.05) is 32.0 Å². The molecule has 0 amide bonds. The zero-order valence-corrected chi connectivity index (χ0v) is 12.1. The molecule has 1 aliphatic carbocycles. The second-order valence-corrected chi connectivity index (χ2v) is 5.10. The summed E-state index contributed by atoms with van der Waals surface area (Å²) in [4.78, 5) is 4.35. The fourth-order valence-corrected chi connectivity index (χ4v) is 2.76. The second-order valence-electron chi connectivity index (χ2n) is 5.10. The van der Waals surface area contributed by atoms with E-state index in [2.05, 4.69) is 10.3 Å². The number of nitrogens with zero attached hydrogens (tertiary/aromatic N) is 1. The highest BCUT2D eigenvalue weighted by molar-refractivity contribution is 5.77. The zero-order valence-electron chi connectivity index (χ0n) is 12.1. The zero-order chi connectivity index (χ0) is 14.1. The van der Waals surface area contributed by atoms with Crippen LogP contribution in [0.3, 0.4) is 0 Å². The Morgan fingerprint density at radius 2 is 2.30 bits per heavy atom. The number of oxazole rings is 1. The van der Waals surface area contributed by atoms with Gasteiger partial charge in [0.05, 0.1) is 12.1 Å². The van der Waals surface area contributed by atoms with E-state index in [1.165, 1.54) is 0 Å². The molecule has 3 rings (SSSR count). The lowest BCUT2D eigenvalue weighted by molar-refractivity contribution is -0.118.